The van der Waals surface area contributed by atoms with E-state index in [-0.39, 0.29) is 11.9 Å². The molecule has 1 N–H and O–H groups in total. The van der Waals surface area contributed by atoms with Crippen molar-refractivity contribution >= 4 is 5.91 Å². The number of rotatable bonds is 6. The van der Waals surface area contributed by atoms with Crippen molar-refractivity contribution < 1.29 is 4.79 Å². The van der Waals surface area contributed by atoms with E-state index < -0.39 is 0 Å². The molecule has 0 unspecified atom stereocenters. The van der Waals surface area contributed by atoms with Gasteiger partial charge in [0.1, 0.15) is 0 Å². The quantitative estimate of drug-likeness (QED) is 0.699. The van der Waals surface area contributed by atoms with Gasteiger partial charge in [-0.05, 0) is 40.0 Å². The highest BCUT2D eigenvalue weighted by Gasteiger charge is 2.33. The van der Waals surface area contributed by atoms with Gasteiger partial charge in [-0.1, -0.05) is 6.08 Å². The zero-order valence-corrected chi connectivity index (χ0v) is 10.7. The zero-order valence-electron chi connectivity index (χ0n) is 10.7. The number of allylic oxidation sites excluding steroid dienone is 1. The minimum atomic E-state index is 0.0298. The van der Waals surface area contributed by atoms with Crippen molar-refractivity contribution in [3.05, 3.63) is 12.7 Å². The molecule has 0 bridgehead atoms. The lowest BCUT2D eigenvalue weighted by Gasteiger charge is -2.22. The average Bonchev–Trinajstić information content (AvgIpc) is 2.57. The van der Waals surface area contributed by atoms with Crippen LogP contribution < -0.4 is 5.32 Å². The Morgan fingerprint density at radius 3 is 2.75 bits per heavy atom. The molecule has 1 saturated heterocycles. The topological polar surface area (TPSA) is 32.3 Å². The Hall–Kier alpha value is -0.830. The molecule has 1 fully saturated rings. The minimum Gasteiger partial charge on any atom is -0.339 e. The van der Waals surface area contributed by atoms with E-state index >= 15 is 0 Å². The molecule has 1 rings (SSSR count). The van der Waals surface area contributed by atoms with Crippen LogP contribution in [0.15, 0.2) is 12.7 Å². The monoisotopic (exact) mass is 224 g/mol. The molecule has 2 atom stereocenters. The van der Waals surface area contributed by atoms with Gasteiger partial charge in [0.15, 0.2) is 0 Å². The highest BCUT2D eigenvalue weighted by molar-refractivity contribution is 5.84. The van der Waals surface area contributed by atoms with Gasteiger partial charge < -0.3 is 10.2 Å². The Kier molecular flexibility index (Phi) is 5.00. The molecular formula is C13H24N2O. The van der Waals surface area contributed by atoms with E-state index in [1.54, 1.807) is 0 Å². The van der Waals surface area contributed by atoms with Gasteiger partial charge in [0.05, 0.1) is 6.04 Å². The van der Waals surface area contributed by atoms with E-state index in [4.69, 9.17) is 0 Å². The lowest BCUT2D eigenvalue weighted by molar-refractivity contribution is -0.130. The van der Waals surface area contributed by atoms with Crippen LogP contribution in [-0.4, -0.2) is 35.5 Å². The Balaban J connectivity index is 2.39. The van der Waals surface area contributed by atoms with E-state index in [0.29, 0.717) is 12.1 Å². The molecule has 0 aromatic rings. The van der Waals surface area contributed by atoms with Crippen LogP contribution in [0.1, 0.15) is 40.0 Å². The van der Waals surface area contributed by atoms with Crippen LogP contribution in [0, 0.1) is 0 Å². The second-order valence-electron chi connectivity index (χ2n) is 4.90. The fraction of sp³-hybridized carbons (Fsp3) is 0.769. The molecule has 1 aliphatic heterocycles. The molecule has 1 aliphatic rings. The Labute approximate surface area is 98.9 Å². The Morgan fingerprint density at radius 2 is 2.25 bits per heavy atom. The van der Waals surface area contributed by atoms with Crippen molar-refractivity contribution in [2.24, 2.45) is 0 Å². The highest BCUT2D eigenvalue weighted by atomic mass is 16.2. The average molecular weight is 224 g/mol. The summed E-state index contributed by atoms with van der Waals surface area (Å²) in [5.74, 6) is 0.264. The fourth-order valence-electron chi connectivity index (χ4n) is 2.16. The van der Waals surface area contributed by atoms with Gasteiger partial charge in [0.2, 0.25) is 5.91 Å². The van der Waals surface area contributed by atoms with Crippen molar-refractivity contribution in [2.75, 3.05) is 6.54 Å². The van der Waals surface area contributed by atoms with Crippen LogP contribution in [0.4, 0.5) is 0 Å². The van der Waals surface area contributed by atoms with Gasteiger partial charge in [0.25, 0.3) is 0 Å². The molecule has 0 aromatic carbocycles. The predicted octanol–water partition coefficient (Wildman–Crippen LogP) is 1.94. The number of nitrogens with zero attached hydrogens (tertiary/aromatic N) is 1. The third-order valence-corrected chi connectivity index (χ3v) is 3.15. The van der Waals surface area contributed by atoms with Crippen molar-refractivity contribution in [1.29, 1.82) is 0 Å². The zero-order chi connectivity index (χ0) is 12.1. The molecule has 3 heteroatoms. The normalized spacial score (nSPS) is 22.9. The molecule has 92 valence electrons. The number of carbonyl (C=O) groups excluding carboxylic acids is 1. The summed E-state index contributed by atoms with van der Waals surface area (Å²) in [6.07, 6.45) is 4.92. The maximum atomic E-state index is 12.0. The molecule has 0 spiro atoms. The number of likely N-dealkylation sites (tertiary alicyclic amines) is 1. The number of hydrogen-bond acceptors (Lipinski definition) is 2. The maximum Gasteiger partial charge on any atom is 0.240 e. The first-order valence-corrected chi connectivity index (χ1v) is 6.23. The van der Waals surface area contributed by atoms with Crippen molar-refractivity contribution in [2.45, 2.75) is 58.2 Å². The summed E-state index contributed by atoms with van der Waals surface area (Å²) in [4.78, 5) is 14.0. The first-order chi connectivity index (χ1) is 7.56. The lowest BCUT2D eigenvalue weighted by atomic mass is 10.1. The van der Waals surface area contributed by atoms with E-state index in [0.717, 1.165) is 25.8 Å². The van der Waals surface area contributed by atoms with Gasteiger partial charge in [0, 0.05) is 18.6 Å². The fourth-order valence-corrected chi connectivity index (χ4v) is 2.16. The smallest absolute Gasteiger partial charge is 0.240 e. The standard InChI is InChI=1S/C13H24N2O/c1-5-6-7-11(4)14-12-8-9-15(10(2)3)13(12)16/h5,10-12,14H,1,6-9H2,2-4H3/t11-,12-/m1/s1. The van der Waals surface area contributed by atoms with E-state index in [1.165, 1.54) is 0 Å². The molecule has 0 radical (unpaired) electrons. The van der Waals surface area contributed by atoms with Crippen LogP contribution in [0.3, 0.4) is 0 Å². The van der Waals surface area contributed by atoms with E-state index in [1.807, 2.05) is 11.0 Å². The summed E-state index contributed by atoms with van der Waals surface area (Å²) < 4.78 is 0. The maximum absolute atomic E-state index is 12.0. The highest BCUT2D eigenvalue weighted by Crippen LogP contribution is 2.15. The number of amides is 1. The van der Waals surface area contributed by atoms with Crippen LogP contribution in [0.2, 0.25) is 0 Å². The molecular weight excluding hydrogens is 200 g/mol. The minimum absolute atomic E-state index is 0.0298. The SMILES string of the molecule is C=CCC[C@@H](C)N[C@@H]1CCN(C(C)C)C1=O. The summed E-state index contributed by atoms with van der Waals surface area (Å²) in [7, 11) is 0. The first-order valence-electron chi connectivity index (χ1n) is 6.23. The third-order valence-electron chi connectivity index (χ3n) is 3.15. The van der Waals surface area contributed by atoms with Gasteiger partial charge in [-0.25, -0.2) is 0 Å². The van der Waals surface area contributed by atoms with Crippen molar-refractivity contribution in [1.82, 2.24) is 10.2 Å². The Bertz CT molecular complexity index is 250. The lowest BCUT2D eigenvalue weighted by Crippen LogP contribution is -2.44. The predicted molar refractivity (Wildman–Crippen MR) is 67.3 cm³/mol. The van der Waals surface area contributed by atoms with Gasteiger partial charge in [-0.3, -0.25) is 4.79 Å². The molecule has 1 heterocycles. The van der Waals surface area contributed by atoms with Gasteiger partial charge >= 0.3 is 0 Å². The summed E-state index contributed by atoms with van der Waals surface area (Å²) in [5.41, 5.74) is 0. The molecule has 16 heavy (non-hydrogen) atoms. The first kappa shape index (κ1) is 13.2. The Morgan fingerprint density at radius 1 is 1.56 bits per heavy atom. The molecule has 1 amide bonds. The summed E-state index contributed by atoms with van der Waals surface area (Å²) in [6.45, 7) is 10.9. The van der Waals surface area contributed by atoms with E-state index in [2.05, 4.69) is 32.7 Å². The molecule has 0 aromatic heterocycles. The van der Waals surface area contributed by atoms with Crippen LogP contribution in [-0.2, 0) is 4.79 Å². The molecule has 0 saturated carbocycles. The largest absolute Gasteiger partial charge is 0.339 e. The second-order valence-corrected chi connectivity index (χ2v) is 4.90. The number of nitrogens with one attached hydrogen (secondary N) is 1. The second kappa shape index (κ2) is 6.04. The van der Waals surface area contributed by atoms with Gasteiger partial charge in [-0.15, -0.1) is 6.58 Å². The summed E-state index contributed by atoms with van der Waals surface area (Å²) in [6, 6.07) is 0.740. The van der Waals surface area contributed by atoms with Crippen molar-refractivity contribution in [3.63, 3.8) is 0 Å². The third kappa shape index (κ3) is 3.34. The summed E-state index contributed by atoms with van der Waals surface area (Å²) >= 11 is 0. The van der Waals surface area contributed by atoms with Crippen LogP contribution in [0.25, 0.3) is 0 Å². The van der Waals surface area contributed by atoms with Crippen molar-refractivity contribution in [3.8, 4) is 0 Å². The summed E-state index contributed by atoms with van der Waals surface area (Å²) in [5, 5.41) is 3.41. The number of hydrogen-bond donors (Lipinski definition) is 1. The van der Waals surface area contributed by atoms with Crippen LogP contribution >= 0.6 is 0 Å². The van der Waals surface area contributed by atoms with Gasteiger partial charge in [-0.2, -0.15) is 0 Å². The number of carbonyl (C=O) groups is 1. The molecule has 0 aliphatic carbocycles. The van der Waals surface area contributed by atoms with E-state index in [9.17, 15) is 4.79 Å². The molecule has 3 nitrogen and oxygen atoms in total. The van der Waals surface area contributed by atoms with Crippen LogP contribution in [0.5, 0.6) is 0 Å².